The molecular weight excluding hydrogens is 340 g/mol. The number of hydrogen-bond donors (Lipinski definition) is 0. The van der Waals surface area contributed by atoms with Gasteiger partial charge in [0, 0.05) is 38.4 Å². The Labute approximate surface area is 160 Å². The van der Waals surface area contributed by atoms with Crippen LogP contribution in [0.5, 0.6) is 5.75 Å². The molecule has 6 heteroatoms. The van der Waals surface area contributed by atoms with Crippen LogP contribution in [0.15, 0.2) is 36.7 Å². The molecule has 4 rings (SSSR count). The summed E-state index contributed by atoms with van der Waals surface area (Å²) in [5.41, 5.74) is 2.06. The van der Waals surface area contributed by atoms with E-state index in [0.717, 1.165) is 30.0 Å². The fourth-order valence-corrected chi connectivity index (χ4v) is 3.91. The van der Waals surface area contributed by atoms with Crippen LogP contribution in [0.3, 0.4) is 0 Å². The number of hydrogen-bond acceptors (Lipinski definition) is 4. The van der Waals surface area contributed by atoms with Gasteiger partial charge in [-0.05, 0) is 68.1 Å². The summed E-state index contributed by atoms with van der Waals surface area (Å²) >= 11 is 0. The van der Waals surface area contributed by atoms with Crippen LogP contribution in [-0.2, 0) is 11.8 Å². The van der Waals surface area contributed by atoms with E-state index in [0.29, 0.717) is 12.5 Å². The molecule has 1 aliphatic heterocycles. The molecule has 0 bridgehead atoms. The van der Waals surface area contributed by atoms with E-state index in [2.05, 4.69) is 10.00 Å². The highest BCUT2D eigenvalue weighted by Crippen LogP contribution is 2.48. The summed E-state index contributed by atoms with van der Waals surface area (Å²) in [5, 5.41) is 4.21. The van der Waals surface area contributed by atoms with E-state index in [9.17, 15) is 4.79 Å². The lowest BCUT2D eigenvalue weighted by atomic mass is 10.2. The summed E-state index contributed by atoms with van der Waals surface area (Å²) < 4.78 is 7.64. The number of aryl methyl sites for hydroxylation is 1. The monoisotopic (exact) mass is 368 g/mol. The van der Waals surface area contributed by atoms with E-state index in [1.807, 2.05) is 50.8 Å². The zero-order valence-electron chi connectivity index (χ0n) is 16.2. The van der Waals surface area contributed by atoms with Gasteiger partial charge in [-0.3, -0.25) is 14.4 Å². The number of amides is 1. The maximum Gasteiger partial charge on any atom is 0.230 e. The molecule has 0 spiro atoms. The van der Waals surface area contributed by atoms with Crippen molar-refractivity contribution in [3.8, 4) is 5.75 Å². The highest BCUT2D eigenvalue weighted by Gasteiger charge is 2.46. The summed E-state index contributed by atoms with van der Waals surface area (Å²) in [7, 11) is 3.76. The average molecular weight is 368 g/mol. The van der Waals surface area contributed by atoms with Crippen molar-refractivity contribution in [1.29, 1.82) is 0 Å². The minimum Gasteiger partial charge on any atom is -0.492 e. The lowest BCUT2D eigenvalue weighted by molar-refractivity contribution is -0.119. The first kappa shape index (κ1) is 18.0. The van der Waals surface area contributed by atoms with E-state index < -0.39 is 0 Å². The van der Waals surface area contributed by atoms with Gasteiger partial charge in [-0.2, -0.15) is 5.10 Å². The summed E-state index contributed by atoms with van der Waals surface area (Å²) in [6.45, 7) is 4.08. The third kappa shape index (κ3) is 4.16. The number of benzene rings is 1. The molecule has 1 aromatic heterocycles. The summed E-state index contributed by atoms with van der Waals surface area (Å²) in [6, 6.07) is 7.83. The Kier molecular flexibility index (Phi) is 5.16. The van der Waals surface area contributed by atoms with Crippen molar-refractivity contribution < 1.29 is 9.53 Å². The molecule has 2 atom stereocenters. The minimum absolute atomic E-state index is 0.0654. The molecule has 27 heavy (non-hydrogen) atoms. The Bertz CT molecular complexity index is 780. The lowest BCUT2D eigenvalue weighted by Crippen LogP contribution is -2.28. The van der Waals surface area contributed by atoms with Gasteiger partial charge >= 0.3 is 0 Å². The normalized spacial score (nSPS) is 22.0. The fourth-order valence-electron chi connectivity index (χ4n) is 3.91. The molecule has 0 radical (unpaired) electrons. The lowest BCUT2D eigenvalue weighted by Gasteiger charge is -2.18. The van der Waals surface area contributed by atoms with Gasteiger partial charge in [0.1, 0.15) is 12.4 Å². The number of aromatic nitrogens is 2. The van der Waals surface area contributed by atoms with Gasteiger partial charge in [-0.25, -0.2) is 0 Å². The van der Waals surface area contributed by atoms with Crippen molar-refractivity contribution in [3.63, 3.8) is 0 Å². The smallest absolute Gasteiger partial charge is 0.230 e. The van der Waals surface area contributed by atoms with Gasteiger partial charge < -0.3 is 9.64 Å². The SMILES string of the molecule is CN(C(=O)[C@@H]1C[C@H]1c1cnn(C)c1)c1ccc(OCCN2CCCC2)cc1. The van der Waals surface area contributed by atoms with E-state index in [4.69, 9.17) is 4.74 Å². The molecule has 2 heterocycles. The van der Waals surface area contributed by atoms with Crippen molar-refractivity contribution >= 4 is 11.6 Å². The van der Waals surface area contributed by atoms with Gasteiger partial charge in [0.2, 0.25) is 5.91 Å². The van der Waals surface area contributed by atoms with Gasteiger partial charge in [-0.15, -0.1) is 0 Å². The standard InChI is InChI=1S/C21H28N4O2/c1-23-15-16(14-22-23)19-13-20(19)21(26)24(2)17-5-7-18(8-6-17)27-12-11-25-9-3-4-10-25/h5-8,14-15,19-20H,3-4,9-13H2,1-2H3/t19-,20+/m0/s1. The van der Waals surface area contributed by atoms with Crippen LogP contribution in [-0.4, -0.2) is 53.9 Å². The number of carbonyl (C=O) groups excluding carboxylic acids is 1. The van der Waals surface area contributed by atoms with E-state index in [1.165, 1.54) is 25.9 Å². The zero-order valence-corrected chi connectivity index (χ0v) is 16.2. The van der Waals surface area contributed by atoms with E-state index in [-0.39, 0.29) is 11.8 Å². The molecule has 2 aliphatic rings. The van der Waals surface area contributed by atoms with Crippen LogP contribution in [0.2, 0.25) is 0 Å². The van der Waals surface area contributed by atoms with Gasteiger partial charge in [0.25, 0.3) is 0 Å². The summed E-state index contributed by atoms with van der Waals surface area (Å²) in [5.74, 6) is 1.41. The maximum atomic E-state index is 12.8. The Morgan fingerprint density at radius 1 is 1.26 bits per heavy atom. The third-order valence-corrected chi connectivity index (χ3v) is 5.69. The maximum absolute atomic E-state index is 12.8. The quantitative estimate of drug-likeness (QED) is 0.754. The summed E-state index contributed by atoms with van der Waals surface area (Å²) in [6.07, 6.45) is 7.39. The Morgan fingerprint density at radius 2 is 2.00 bits per heavy atom. The third-order valence-electron chi connectivity index (χ3n) is 5.69. The fraction of sp³-hybridized carbons (Fsp3) is 0.524. The number of nitrogens with zero attached hydrogens (tertiary/aromatic N) is 4. The molecule has 1 saturated heterocycles. The highest BCUT2D eigenvalue weighted by atomic mass is 16.5. The van der Waals surface area contributed by atoms with Crippen molar-refractivity contribution in [2.75, 3.05) is 38.2 Å². The molecule has 6 nitrogen and oxygen atoms in total. The molecule has 1 amide bonds. The number of carbonyl (C=O) groups is 1. The molecule has 2 aromatic rings. The Hall–Kier alpha value is -2.34. The first-order chi connectivity index (χ1) is 13.1. The van der Waals surface area contributed by atoms with Crippen LogP contribution in [0, 0.1) is 5.92 Å². The molecule has 1 saturated carbocycles. The Morgan fingerprint density at radius 3 is 2.67 bits per heavy atom. The number of likely N-dealkylation sites (tertiary alicyclic amines) is 1. The number of anilines is 1. The van der Waals surface area contributed by atoms with Gasteiger partial charge in [0.15, 0.2) is 0 Å². The predicted octanol–water partition coefficient (Wildman–Crippen LogP) is 2.66. The van der Waals surface area contributed by atoms with Crippen molar-refractivity contribution in [1.82, 2.24) is 14.7 Å². The average Bonchev–Trinajstić information content (AvgIpc) is 3.07. The second-order valence-electron chi connectivity index (χ2n) is 7.68. The van der Waals surface area contributed by atoms with Crippen LogP contribution in [0.4, 0.5) is 5.69 Å². The minimum atomic E-state index is 0.0654. The first-order valence-electron chi connectivity index (χ1n) is 9.83. The second-order valence-corrected chi connectivity index (χ2v) is 7.68. The van der Waals surface area contributed by atoms with Crippen LogP contribution < -0.4 is 9.64 Å². The highest BCUT2D eigenvalue weighted by molar-refractivity contribution is 5.97. The topological polar surface area (TPSA) is 50.6 Å². The van der Waals surface area contributed by atoms with Crippen LogP contribution >= 0.6 is 0 Å². The molecular formula is C21H28N4O2. The number of ether oxygens (including phenoxy) is 1. The molecule has 0 N–H and O–H groups in total. The second kappa shape index (κ2) is 7.72. The largest absolute Gasteiger partial charge is 0.492 e. The molecule has 144 valence electrons. The van der Waals surface area contributed by atoms with Gasteiger partial charge in [-0.1, -0.05) is 0 Å². The molecule has 1 aromatic carbocycles. The zero-order chi connectivity index (χ0) is 18.8. The Balaban J connectivity index is 1.28. The first-order valence-corrected chi connectivity index (χ1v) is 9.83. The molecule has 0 unspecified atom stereocenters. The number of rotatable bonds is 7. The molecule has 1 aliphatic carbocycles. The molecule has 2 fully saturated rings. The van der Waals surface area contributed by atoms with Crippen LogP contribution in [0.1, 0.15) is 30.7 Å². The van der Waals surface area contributed by atoms with Crippen molar-refractivity contribution in [2.24, 2.45) is 13.0 Å². The predicted molar refractivity (Wildman–Crippen MR) is 105 cm³/mol. The van der Waals surface area contributed by atoms with Crippen molar-refractivity contribution in [3.05, 3.63) is 42.2 Å². The van der Waals surface area contributed by atoms with Gasteiger partial charge in [0.05, 0.1) is 6.20 Å². The van der Waals surface area contributed by atoms with E-state index >= 15 is 0 Å². The van der Waals surface area contributed by atoms with Crippen LogP contribution in [0.25, 0.3) is 0 Å². The van der Waals surface area contributed by atoms with E-state index in [1.54, 1.807) is 9.58 Å². The van der Waals surface area contributed by atoms with Crippen molar-refractivity contribution in [2.45, 2.75) is 25.2 Å². The summed E-state index contributed by atoms with van der Waals surface area (Å²) in [4.78, 5) is 17.0.